The van der Waals surface area contributed by atoms with Crippen LogP contribution in [0.2, 0.25) is 0 Å². The fourth-order valence-electron chi connectivity index (χ4n) is 10.5. The molecule has 23 rings (SSSR count). The zero-order valence-corrected chi connectivity index (χ0v) is 56.5. The van der Waals surface area contributed by atoms with Crippen LogP contribution in [-0.4, -0.2) is 28.7 Å². The van der Waals surface area contributed by atoms with Crippen molar-refractivity contribution in [1.29, 1.82) is 0 Å². The van der Waals surface area contributed by atoms with Gasteiger partial charge in [0.1, 0.15) is 27.8 Å². The van der Waals surface area contributed by atoms with E-state index >= 15 is 0 Å². The number of para-hydroxylation sites is 4. The number of nitrogens with one attached hydrogen (secondary N) is 4. The van der Waals surface area contributed by atoms with Gasteiger partial charge in [-0.15, -0.1) is 56.7 Å². The van der Waals surface area contributed by atoms with Crippen molar-refractivity contribution in [1.82, 2.24) is 28.7 Å². The Balaban J connectivity index is 0.0000000930. The van der Waals surface area contributed by atoms with Gasteiger partial charge < -0.3 is 42.0 Å². The van der Waals surface area contributed by atoms with Crippen LogP contribution < -0.4 is 0 Å². The summed E-state index contributed by atoms with van der Waals surface area (Å²) >= 11 is 10.2. The molecule has 0 bridgehead atoms. The van der Waals surface area contributed by atoms with E-state index in [1.807, 2.05) is 132 Å². The van der Waals surface area contributed by atoms with Gasteiger partial charge in [-0.25, -0.2) is 0 Å². The van der Waals surface area contributed by atoms with Gasteiger partial charge in [0, 0.05) is 104 Å². The van der Waals surface area contributed by atoms with Crippen LogP contribution in [-0.2, 0) is 0 Å². The summed E-state index contributed by atoms with van der Waals surface area (Å²) in [6, 6.07) is 88.1. The lowest BCUT2D eigenvalue weighted by Crippen LogP contribution is -1.63. The van der Waals surface area contributed by atoms with Crippen molar-refractivity contribution < 1.29 is 22.1 Å². The maximum atomic E-state index is 5.65. The van der Waals surface area contributed by atoms with E-state index in [0.29, 0.717) is 0 Å². The molecule has 15 heterocycles. The van der Waals surface area contributed by atoms with E-state index in [0.717, 1.165) is 50.0 Å². The zero-order chi connectivity index (χ0) is 65.2. The molecule has 97 heavy (non-hydrogen) atoms. The highest BCUT2D eigenvalue weighted by Gasteiger charge is 2.05. The summed E-state index contributed by atoms with van der Waals surface area (Å²) in [5.41, 5.74) is 13.3. The van der Waals surface area contributed by atoms with E-state index in [1.54, 1.807) is 82.5 Å². The number of furan rings is 5. The van der Waals surface area contributed by atoms with Crippen molar-refractivity contribution in [3.63, 3.8) is 0 Å². The average Bonchev–Trinajstić information content (AvgIpc) is 1.67. The van der Waals surface area contributed by atoms with E-state index in [1.165, 1.54) is 99.7 Å². The lowest BCUT2D eigenvalue weighted by atomic mass is 10.2. The predicted molar refractivity (Wildman–Crippen MR) is 414 cm³/mol. The van der Waals surface area contributed by atoms with Crippen molar-refractivity contribution in [3.05, 3.63) is 326 Å². The van der Waals surface area contributed by atoms with Crippen LogP contribution in [0.3, 0.4) is 0 Å². The van der Waals surface area contributed by atoms with Crippen molar-refractivity contribution >= 4 is 206 Å². The molecule has 11 nitrogen and oxygen atoms in total. The maximum Gasteiger partial charge on any atom is 0.172 e. The standard InChI is InChI=1S/C12H9N.C12H8O.C12H8S.C8H6S.C6H4N2S.C6H6N2.C6H5NO.C6H4O2.C6H4OS.C6H4S2/c3*1-3-7-11-9(5-1)10-6-2-4-8-12(10)13-11;1-2-4-8-7(3-1)5-6-9-8;1-2-4-6-5(3-1)7-9-8-6;1-3-7-6-2-4-8-5(1)6;1-3-7-5-2-4-8-6(1)5;1-3-7-6-2-4-8-5(1)6;1-3-7-5-2-4-8-6(1)5;1-3-7-6-2-4-8-5(1)6/h1-8,13H;2*1-8H;1-6H;1-4H;1-4,7-8H;1-4,7H;3*1-4H. The minimum atomic E-state index is 0.810. The van der Waals surface area contributed by atoms with Crippen LogP contribution in [0, 0.1) is 0 Å². The Morgan fingerprint density at radius 2 is 0.691 bits per heavy atom. The summed E-state index contributed by atoms with van der Waals surface area (Å²) in [4.78, 5) is 12.5. The monoisotopic (exact) mass is 1370 g/mol. The Bertz CT molecular complexity index is 5070. The third kappa shape index (κ3) is 15.6. The molecule has 0 aliphatic carbocycles. The number of rotatable bonds is 0. The molecule has 0 spiro atoms. The SMILES string of the molecule is c1cc2[nH]ccc2[nH]1.c1cc2occc2[nH]1.c1cc2occc2o1.c1cc2sccc2o1.c1cc2sccc2s1.c1ccc2c(c1)[nH]c1ccccc12.c1ccc2c(c1)oc1ccccc12.c1ccc2c(c1)sc1ccccc12.c1ccc2nsnc2c1.c1ccc2sccc2c1. The van der Waals surface area contributed by atoms with Gasteiger partial charge >= 0.3 is 0 Å². The first-order valence-corrected chi connectivity index (χ1v) is 35.8. The minimum absolute atomic E-state index is 0.810. The molecule has 0 saturated carbocycles. The van der Waals surface area contributed by atoms with E-state index in [4.69, 9.17) is 22.1 Å². The van der Waals surface area contributed by atoms with Gasteiger partial charge in [0.2, 0.25) is 0 Å². The average molecular weight is 1380 g/mol. The molecule has 0 saturated heterocycles. The largest absolute Gasteiger partial charge is 0.463 e. The molecule has 0 radical (unpaired) electrons. The summed E-state index contributed by atoms with van der Waals surface area (Å²) in [7, 11) is 0. The van der Waals surface area contributed by atoms with Crippen molar-refractivity contribution in [2.45, 2.75) is 0 Å². The number of fused-ring (bicyclic) bond motifs is 16. The highest BCUT2D eigenvalue weighted by molar-refractivity contribution is 7.26. The molecule has 23 aromatic rings. The van der Waals surface area contributed by atoms with Crippen LogP contribution in [0.1, 0.15) is 0 Å². The summed E-state index contributed by atoms with van der Waals surface area (Å²) in [6.07, 6.45) is 12.3. The Kier molecular flexibility index (Phi) is 20.4. The Labute approximate surface area is 578 Å². The van der Waals surface area contributed by atoms with Crippen molar-refractivity contribution in [2.24, 2.45) is 0 Å². The van der Waals surface area contributed by atoms with Gasteiger partial charge in [-0.3, -0.25) is 0 Å². The first-order chi connectivity index (χ1) is 48.1. The Morgan fingerprint density at radius 1 is 0.258 bits per heavy atom. The molecule has 8 aromatic carbocycles. The quantitative estimate of drug-likeness (QED) is 0.118. The third-order valence-corrected chi connectivity index (χ3v) is 20.5. The molecule has 17 heteroatoms. The van der Waals surface area contributed by atoms with Gasteiger partial charge in [-0.05, 0) is 130 Å². The third-order valence-electron chi connectivity index (χ3n) is 15.2. The molecule has 474 valence electrons. The van der Waals surface area contributed by atoms with Crippen molar-refractivity contribution in [3.8, 4) is 0 Å². The van der Waals surface area contributed by atoms with Gasteiger partial charge in [-0.1, -0.05) is 140 Å². The molecule has 0 aliphatic rings. The van der Waals surface area contributed by atoms with Gasteiger partial charge in [0.15, 0.2) is 16.7 Å². The summed E-state index contributed by atoms with van der Waals surface area (Å²) < 4.78 is 42.0. The molecular weight excluding hydrogens is 1320 g/mol. The van der Waals surface area contributed by atoms with E-state index in [-0.39, 0.29) is 0 Å². The molecule has 0 unspecified atom stereocenters. The Morgan fingerprint density at radius 3 is 1.28 bits per heavy atom. The van der Waals surface area contributed by atoms with Gasteiger partial charge in [0.25, 0.3) is 0 Å². The molecule has 4 N–H and O–H groups in total. The second kappa shape index (κ2) is 31.3. The second-order valence-electron chi connectivity index (χ2n) is 21.3. The zero-order valence-electron chi connectivity index (χ0n) is 51.6. The first kappa shape index (κ1) is 63.1. The molecular formula is C80H58N6O5S6. The first-order valence-electron chi connectivity index (χ1n) is 30.7. The van der Waals surface area contributed by atoms with Gasteiger partial charge in [0.05, 0.1) is 58.0 Å². The van der Waals surface area contributed by atoms with Gasteiger partial charge in [-0.2, -0.15) is 8.75 Å². The summed E-state index contributed by atoms with van der Waals surface area (Å²) in [6.45, 7) is 0. The second-order valence-corrected chi connectivity index (χ2v) is 26.7. The van der Waals surface area contributed by atoms with Crippen molar-refractivity contribution in [2.75, 3.05) is 0 Å². The predicted octanol–water partition coefficient (Wildman–Crippen LogP) is 26.3. The van der Waals surface area contributed by atoms with Crippen LogP contribution in [0.5, 0.6) is 0 Å². The summed E-state index contributed by atoms with van der Waals surface area (Å²) in [5.74, 6) is 0. The molecule has 0 amide bonds. The normalized spacial score (nSPS) is 10.7. The van der Waals surface area contributed by atoms with E-state index < -0.39 is 0 Å². The number of aromatic nitrogens is 6. The lowest BCUT2D eigenvalue weighted by Gasteiger charge is -1.88. The van der Waals surface area contributed by atoms with E-state index in [9.17, 15) is 0 Å². The molecule has 0 fully saturated rings. The number of hydrogen-bond donors (Lipinski definition) is 4. The molecule has 15 aromatic heterocycles. The lowest BCUT2D eigenvalue weighted by molar-refractivity contribution is 0.609. The summed E-state index contributed by atoms with van der Waals surface area (Å²) in [5, 5.41) is 17.5. The molecule has 0 aliphatic heterocycles. The van der Waals surface area contributed by atoms with Crippen LogP contribution in [0.25, 0.3) is 138 Å². The number of benzene rings is 8. The topological polar surface area (TPSA) is 155 Å². The smallest absolute Gasteiger partial charge is 0.172 e. The number of aromatic amines is 4. The number of thiophene rings is 5. The number of H-pyrrole nitrogens is 4. The Hall–Kier alpha value is -11.3. The fraction of sp³-hybridized carbons (Fsp3) is 0. The van der Waals surface area contributed by atoms with Crippen LogP contribution in [0.4, 0.5) is 0 Å². The molecule has 0 atom stereocenters. The van der Waals surface area contributed by atoms with Crippen LogP contribution in [0.15, 0.2) is 348 Å². The number of nitrogens with zero attached hydrogens (tertiary/aromatic N) is 2. The minimum Gasteiger partial charge on any atom is -0.463 e. The number of hydrogen-bond acceptors (Lipinski definition) is 13. The highest BCUT2D eigenvalue weighted by atomic mass is 32.1. The maximum absolute atomic E-state index is 5.65. The van der Waals surface area contributed by atoms with Crippen LogP contribution >= 0.6 is 68.4 Å². The van der Waals surface area contributed by atoms with E-state index in [2.05, 4.69) is 196 Å². The highest BCUT2D eigenvalue weighted by Crippen LogP contribution is 2.34. The fourth-order valence-corrected chi connectivity index (χ4v) is 15.5.